The van der Waals surface area contributed by atoms with Crippen LogP contribution in [0, 0.1) is 5.82 Å². The SMILES string of the molecule is CC(=O)c1nc2n(n1)[C@@H](c1ccccc1F)CC2. The molecule has 4 nitrogen and oxygen atoms in total. The summed E-state index contributed by atoms with van der Waals surface area (Å²) in [6.45, 7) is 1.43. The molecule has 3 rings (SSSR count). The topological polar surface area (TPSA) is 47.8 Å². The summed E-state index contributed by atoms with van der Waals surface area (Å²) < 4.78 is 15.4. The Hall–Kier alpha value is -2.04. The molecule has 2 aromatic rings. The molecule has 0 aliphatic carbocycles. The number of carbonyl (C=O) groups is 1. The fourth-order valence-corrected chi connectivity index (χ4v) is 2.35. The molecule has 0 radical (unpaired) electrons. The first-order chi connectivity index (χ1) is 8.66. The quantitative estimate of drug-likeness (QED) is 0.762. The second-order valence-corrected chi connectivity index (χ2v) is 4.43. The van der Waals surface area contributed by atoms with E-state index in [-0.39, 0.29) is 23.5 Å². The van der Waals surface area contributed by atoms with E-state index in [0.29, 0.717) is 5.56 Å². The molecule has 0 unspecified atom stereocenters. The molecule has 0 bridgehead atoms. The van der Waals surface area contributed by atoms with E-state index in [9.17, 15) is 9.18 Å². The highest BCUT2D eigenvalue weighted by Gasteiger charge is 2.29. The van der Waals surface area contributed by atoms with Gasteiger partial charge >= 0.3 is 0 Å². The average Bonchev–Trinajstić information content (AvgIpc) is 2.89. The normalized spacial score (nSPS) is 17.8. The van der Waals surface area contributed by atoms with Crippen molar-refractivity contribution in [3.05, 3.63) is 47.3 Å². The van der Waals surface area contributed by atoms with Crippen LogP contribution in [0.1, 0.15) is 41.4 Å². The maximum atomic E-state index is 13.8. The predicted molar refractivity (Wildman–Crippen MR) is 62.9 cm³/mol. The molecular weight excluding hydrogens is 233 g/mol. The van der Waals surface area contributed by atoms with Gasteiger partial charge in [0, 0.05) is 18.9 Å². The number of fused-ring (bicyclic) bond motifs is 1. The molecule has 18 heavy (non-hydrogen) atoms. The molecule has 1 aromatic heterocycles. The van der Waals surface area contributed by atoms with E-state index in [1.165, 1.54) is 13.0 Å². The summed E-state index contributed by atoms with van der Waals surface area (Å²) in [4.78, 5) is 15.4. The molecule has 1 aliphatic heterocycles. The summed E-state index contributed by atoms with van der Waals surface area (Å²) in [7, 11) is 0. The minimum Gasteiger partial charge on any atom is -0.291 e. The lowest BCUT2D eigenvalue weighted by atomic mass is 10.0. The van der Waals surface area contributed by atoms with Crippen LogP contribution in [0.2, 0.25) is 0 Å². The molecule has 2 heterocycles. The minimum atomic E-state index is -0.241. The van der Waals surface area contributed by atoms with Crippen molar-refractivity contribution in [2.24, 2.45) is 0 Å². The number of halogens is 1. The van der Waals surface area contributed by atoms with Crippen molar-refractivity contribution in [1.29, 1.82) is 0 Å². The van der Waals surface area contributed by atoms with Crippen molar-refractivity contribution in [3.8, 4) is 0 Å². The number of Topliss-reactive ketones (excluding diaryl/α,β-unsaturated/α-hetero) is 1. The summed E-state index contributed by atoms with van der Waals surface area (Å²) in [5.41, 5.74) is 0.608. The van der Waals surface area contributed by atoms with Crippen LogP contribution in [-0.2, 0) is 6.42 Å². The average molecular weight is 245 g/mol. The molecule has 92 valence electrons. The summed E-state index contributed by atoms with van der Waals surface area (Å²) in [5.74, 6) is 0.568. The third kappa shape index (κ3) is 1.63. The Labute approximate surface area is 103 Å². The van der Waals surface area contributed by atoms with Crippen LogP contribution >= 0.6 is 0 Å². The van der Waals surface area contributed by atoms with Crippen LogP contribution in [-0.4, -0.2) is 20.5 Å². The molecule has 0 spiro atoms. The third-order valence-corrected chi connectivity index (χ3v) is 3.22. The van der Waals surface area contributed by atoms with E-state index in [0.717, 1.165) is 18.7 Å². The third-order valence-electron chi connectivity index (χ3n) is 3.22. The summed E-state index contributed by atoms with van der Waals surface area (Å²) >= 11 is 0. The molecule has 1 atom stereocenters. The van der Waals surface area contributed by atoms with Crippen molar-refractivity contribution in [3.63, 3.8) is 0 Å². The fourth-order valence-electron chi connectivity index (χ4n) is 2.35. The summed E-state index contributed by atoms with van der Waals surface area (Å²) in [5, 5.41) is 4.18. The van der Waals surface area contributed by atoms with Gasteiger partial charge in [0.2, 0.25) is 5.82 Å². The van der Waals surface area contributed by atoms with Gasteiger partial charge in [-0.25, -0.2) is 14.1 Å². The molecule has 1 aromatic carbocycles. The van der Waals surface area contributed by atoms with E-state index >= 15 is 0 Å². The van der Waals surface area contributed by atoms with Gasteiger partial charge < -0.3 is 0 Å². The van der Waals surface area contributed by atoms with Crippen molar-refractivity contribution in [2.75, 3.05) is 0 Å². The van der Waals surface area contributed by atoms with Crippen LogP contribution in [0.5, 0.6) is 0 Å². The Kier molecular flexibility index (Phi) is 2.47. The molecule has 0 N–H and O–H groups in total. The predicted octanol–water partition coefficient (Wildman–Crippen LogP) is 2.16. The number of aromatic nitrogens is 3. The second-order valence-electron chi connectivity index (χ2n) is 4.43. The Bertz CT molecular complexity index is 620. The van der Waals surface area contributed by atoms with E-state index in [1.807, 2.05) is 0 Å². The number of carbonyl (C=O) groups excluding carboxylic acids is 1. The van der Waals surface area contributed by atoms with E-state index < -0.39 is 0 Å². The Morgan fingerprint density at radius 3 is 2.94 bits per heavy atom. The molecule has 5 heteroatoms. The highest BCUT2D eigenvalue weighted by atomic mass is 19.1. The van der Waals surface area contributed by atoms with Crippen molar-refractivity contribution >= 4 is 5.78 Å². The van der Waals surface area contributed by atoms with Crippen LogP contribution in [0.15, 0.2) is 24.3 Å². The lowest BCUT2D eigenvalue weighted by molar-refractivity contribution is 0.100. The zero-order valence-electron chi connectivity index (χ0n) is 9.93. The van der Waals surface area contributed by atoms with Gasteiger partial charge in [-0.15, -0.1) is 5.10 Å². The first-order valence-corrected chi connectivity index (χ1v) is 5.87. The van der Waals surface area contributed by atoms with E-state index in [4.69, 9.17) is 0 Å². The highest BCUT2D eigenvalue weighted by Crippen LogP contribution is 2.31. The van der Waals surface area contributed by atoms with Gasteiger partial charge in [-0.2, -0.15) is 0 Å². The lowest BCUT2D eigenvalue weighted by Crippen LogP contribution is -2.10. The maximum Gasteiger partial charge on any atom is 0.217 e. The van der Waals surface area contributed by atoms with E-state index in [1.54, 1.807) is 22.9 Å². The van der Waals surface area contributed by atoms with Crippen LogP contribution in [0.4, 0.5) is 4.39 Å². The van der Waals surface area contributed by atoms with Crippen LogP contribution < -0.4 is 0 Å². The van der Waals surface area contributed by atoms with Gasteiger partial charge in [0.1, 0.15) is 11.6 Å². The molecule has 0 saturated heterocycles. The smallest absolute Gasteiger partial charge is 0.217 e. The summed E-state index contributed by atoms with van der Waals surface area (Å²) in [6, 6.07) is 6.51. The maximum absolute atomic E-state index is 13.8. The second kappa shape index (κ2) is 4.01. The van der Waals surface area contributed by atoms with Crippen molar-refractivity contribution < 1.29 is 9.18 Å². The molecule has 0 amide bonds. The first-order valence-electron chi connectivity index (χ1n) is 5.87. The zero-order chi connectivity index (χ0) is 12.7. The minimum absolute atomic E-state index is 0.151. The van der Waals surface area contributed by atoms with Gasteiger partial charge in [-0.3, -0.25) is 4.79 Å². The van der Waals surface area contributed by atoms with Crippen molar-refractivity contribution in [1.82, 2.24) is 14.8 Å². The zero-order valence-corrected chi connectivity index (χ0v) is 9.93. The number of rotatable bonds is 2. The monoisotopic (exact) mass is 245 g/mol. The first kappa shape index (κ1) is 11.1. The molecule has 0 fully saturated rings. The number of hydrogen-bond acceptors (Lipinski definition) is 3. The van der Waals surface area contributed by atoms with Crippen LogP contribution in [0.3, 0.4) is 0 Å². The van der Waals surface area contributed by atoms with Crippen molar-refractivity contribution in [2.45, 2.75) is 25.8 Å². The number of ketones is 1. The van der Waals surface area contributed by atoms with Gasteiger partial charge in [0.05, 0.1) is 6.04 Å². The Morgan fingerprint density at radius 1 is 1.44 bits per heavy atom. The molecule has 1 aliphatic rings. The van der Waals surface area contributed by atoms with Gasteiger partial charge in [-0.05, 0) is 12.5 Å². The highest BCUT2D eigenvalue weighted by molar-refractivity contribution is 5.90. The molecular formula is C13H12FN3O. The summed E-state index contributed by atoms with van der Waals surface area (Å²) in [6.07, 6.45) is 1.49. The number of benzene rings is 1. The molecule has 0 saturated carbocycles. The standard InChI is InChI=1S/C13H12FN3O/c1-8(18)13-15-12-7-6-11(17(12)16-13)9-4-2-3-5-10(9)14/h2-5,11H,6-7H2,1H3/t11-/m1/s1. The Morgan fingerprint density at radius 2 is 2.22 bits per heavy atom. The number of nitrogens with zero attached hydrogens (tertiary/aromatic N) is 3. The largest absolute Gasteiger partial charge is 0.291 e. The van der Waals surface area contributed by atoms with Crippen LogP contribution in [0.25, 0.3) is 0 Å². The van der Waals surface area contributed by atoms with Gasteiger partial charge in [0.25, 0.3) is 0 Å². The lowest BCUT2D eigenvalue weighted by Gasteiger charge is -2.12. The van der Waals surface area contributed by atoms with Gasteiger partial charge in [-0.1, -0.05) is 18.2 Å². The fraction of sp³-hybridized carbons (Fsp3) is 0.308. The Balaban J connectivity index is 2.04. The number of aryl methyl sites for hydroxylation is 1. The number of hydrogen-bond donors (Lipinski definition) is 0. The van der Waals surface area contributed by atoms with E-state index in [2.05, 4.69) is 10.1 Å². The van der Waals surface area contributed by atoms with Gasteiger partial charge in [0.15, 0.2) is 5.78 Å².